The molecule has 2 heteroatoms. The van der Waals surface area contributed by atoms with Gasteiger partial charge >= 0.3 is 0 Å². The summed E-state index contributed by atoms with van der Waals surface area (Å²) in [5.74, 6) is 2.20. The van der Waals surface area contributed by atoms with Gasteiger partial charge in [0.25, 0.3) is 0 Å². The van der Waals surface area contributed by atoms with Crippen molar-refractivity contribution in [3.63, 3.8) is 0 Å². The summed E-state index contributed by atoms with van der Waals surface area (Å²) in [4.78, 5) is 0. The Labute approximate surface area is 68.7 Å². The highest BCUT2D eigenvalue weighted by molar-refractivity contribution is 7.49. The van der Waals surface area contributed by atoms with Crippen molar-refractivity contribution < 1.29 is 0 Å². The first-order chi connectivity index (χ1) is 5.33. The quantitative estimate of drug-likeness (QED) is 0.660. The van der Waals surface area contributed by atoms with Gasteiger partial charge in [0.2, 0.25) is 0 Å². The molecular formula is C9H12NP. The first-order valence-corrected chi connectivity index (χ1v) is 5.51. The molecule has 0 fully saturated rings. The molecule has 1 rings (SSSR count). The van der Waals surface area contributed by atoms with E-state index < -0.39 is 0 Å². The Morgan fingerprint density at radius 2 is 2.27 bits per heavy atom. The van der Waals surface area contributed by atoms with Gasteiger partial charge in [-0.1, -0.05) is 19.9 Å². The molecule has 58 valence electrons. The van der Waals surface area contributed by atoms with Crippen molar-refractivity contribution in [1.29, 1.82) is 5.26 Å². The van der Waals surface area contributed by atoms with Gasteiger partial charge in [0, 0.05) is 0 Å². The van der Waals surface area contributed by atoms with Crippen molar-refractivity contribution in [2.75, 3.05) is 0 Å². The van der Waals surface area contributed by atoms with Crippen LogP contribution in [0.25, 0.3) is 0 Å². The first-order valence-electron chi connectivity index (χ1n) is 3.91. The Hall–Kier alpha value is -0.730. The maximum absolute atomic E-state index is 8.84. The average Bonchev–Trinajstić information content (AvgIpc) is 2.45. The second-order valence-corrected chi connectivity index (χ2v) is 4.76. The normalized spacial score (nSPS) is 11.2. The summed E-state index contributed by atoms with van der Waals surface area (Å²) >= 11 is 0. The van der Waals surface area contributed by atoms with Gasteiger partial charge in [-0.15, -0.1) is 7.53 Å². The lowest BCUT2D eigenvalue weighted by atomic mass is 10.2. The Kier molecular flexibility index (Phi) is 2.74. The molecule has 0 aliphatic carbocycles. The van der Waals surface area contributed by atoms with Crippen LogP contribution in [0.3, 0.4) is 0 Å². The van der Waals surface area contributed by atoms with Crippen LogP contribution in [0.1, 0.15) is 24.7 Å². The minimum absolute atomic E-state index is 0.214. The van der Waals surface area contributed by atoms with E-state index in [2.05, 4.69) is 31.8 Å². The van der Waals surface area contributed by atoms with Gasteiger partial charge < -0.3 is 0 Å². The standard InChI is InChI=1S/C9H12NP/c1-3-8-5-6-11(4-2)9(8)7-10/h5-6H,3-4H2,1-2H3. The summed E-state index contributed by atoms with van der Waals surface area (Å²) < 4.78 is 0. The Bertz CT molecular complexity index is 259. The summed E-state index contributed by atoms with van der Waals surface area (Å²) in [5.41, 5.74) is 1.25. The molecule has 1 heterocycles. The summed E-state index contributed by atoms with van der Waals surface area (Å²) in [5, 5.41) is 9.88. The molecule has 1 aromatic heterocycles. The van der Waals surface area contributed by atoms with Crippen LogP contribution < -0.4 is 0 Å². The van der Waals surface area contributed by atoms with Crippen LogP contribution in [0.4, 0.5) is 0 Å². The molecule has 1 atom stereocenters. The van der Waals surface area contributed by atoms with Crippen molar-refractivity contribution in [1.82, 2.24) is 0 Å². The van der Waals surface area contributed by atoms with E-state index in [-0.39, 0.29) is 7.53 Å². The highest BCUT2D eigenvalue weighted by Gasteiger charge is 2.05. The van der Waals surface area contributed by atoms with Gasteiger partial charge in [0.1, 0.15) is 6.07 Å². The van der Waals surface area contributed by atoms with Crippen molar-refractivity contribution >= 4 is 7.53 Å². The van der Waals surface area contributed by atoms with E-state index in [1.807, 2.05) is 0 Å². The predicted octanol–water partition coefficient (Wildman–Crippen LogP) is 3.13. The van der Waals surface area contributed by atoms with Gasteiger partial charge in [0.15, 0.2) is 0 Å². The summed E-state index contributed by atoms with van der Waals surface area (Å²) in [6, 6.07) is 4.43. The highest BCUT2D eigenvalue weighted by Crippen LogP contribution is 2.36. The Balaban J connectivity index is 3.12. The fourth-order valence-corrected chi connectivity index (χ4v) is 2.97. The van der Waals surface area contributed by atoms with Crippen LogP contribution in [0.5, 0.6) is 0 Å². The second-order valence-electron chi connectivity index (χ2n) is 2.44. The SMILES string of the molecule is CCc1ccp(CC)c1C#N. The molecule has 0 aromatic carbocycles. The molecule has 11 heavy (non-hydrogen) atoms. The molecular weight excluding hydrogens is 153 g/mol. The zero-order valence-electron chi connectivity index (χ0n) is 6.96. The second kappa shape index (κ2) is 3.60. The lowest BCUT2D eigenvalue weighted by molar-refractivity contribution is 1.15. The topological polar surface area (TPSA) is 23.8 Å². The fourth-order valence-electron chi connectivity index (χ4n) is 1.20. The maximum Gasteiger partial charge on any atom is 0.104 e. The van der Waals surface area contributed by atoms with Gasteiger partial charge in [0.05, 0.1) is 5.30 Å². The molecule has 1 aromatic rings. The fraction of sp³-hybridized carbons (Fsp3) is 0.444. The molecule has 0 aliphatic heterocycles. The lowest BCUT2D eigenvalue weighted by Gasteiger charge is -1.94. The van der Waals surface area contributed by atoms with Crippen LogP contribution in [0.2, 0.25) is 0 Å². The van der Waals surface area contributed by atoms with E-state index >= 15 is 0 Å². The van der Waals surface area contributed by atoms with E-state index in [0.29, 0.717) is 0 Å². The third-order valence-electron chi connectivity index (χ3n) is 1.87. The molecule has 1 unspecified atom stereocenters. The maximum atomic E-state index is 8.84. The van der Waals surface area contributed by atoms with E-state index in [1.54, 1.807) is 0 Å². The van der Waals surface area contributed by atoms with Crippen LogP contribution in [-0.4, -0.2) is 0 Å². The molecule has 0 amide bonds. The van der Waals surface area contributed by atoms with Crippen LogP contribution in [-0.2, 0) is 12.6 Å². The molecule has 1 nitrogen and oxygen atoms in total. The summed E-state index contributed by atoms with van der Waals surface area (Å²) in [6.07, 6.45) is 2.11. The number of nitriles is 1. The Morgan fingerprint density at radius 3 is 2.73 bits per heavy atom. The van der Waals surface area contributed by atoms with E-state index in [0.717, 1.165) is 17.9 Å². The number of hydrogen-bond acceptors (Lipinski definition) is 1. The van der Waals surface area contributed by atoms with Gasteiger partial charge in [-0.2, -0.15) is 5.26 Å². The molecule has 0 saturated carbocycles. The first kappa shape index (κ1) is 8.37. The summed E-state index contributed by atoms with van der Waals surface area (Å²) in [7, 11) is -0.214. The Morgan fingerprint density at radius 1 is 1.55 bits per heavy atom. The molecule has 0 spiro atoms. The number of rotatable bonds is 2. The van der Waals surface area contributed by atoms with E-state index in [4.69, 9.17) is 5.26 Å². The minimum Gasteiger partial charge on any atom is -0.192 e. The zero-order valence-corrected chi connectivity index (χ0v) is 7.86. The van der Waals surface area contributed by atoms with Gasteiger partial charge in [-0.3, -0.25) is 0 Å². The third kappa shape index (κ3) is 1.47. The van der Waals surface area contributed by atoms with E-state index in [1.165, 1.54) is 5.56 Å². The van der Waals surface area contributed by atoms with Crippen molar-refractivity contribution in [2.45, 2.75) is 26.4 Å². The lowest BCUT2D eigenvalue weighted by Crippen LogP contribution is -1.77. The molecule has 0 radical (unpaired) electrons. The van der Waals surface area contributed by atoms with Crippen molar-refractivity contribution in [3.8, 4) is 6.07 Å². The molecule has 0 bridgehead atoms. The van der Waals surface area contributed by atoms with Crippen LogP contribution in [0, 0.1) is 11.3 Å². The van der Waals surface area contributed by atoms with Crippen molar-refractivity contribution in [3.05, 3.63) is 22.7 Å². The zero-order chi connectivity index (χ0) is 8.27. The molecule has 0 aliphatic rings. The highest BCUT2D eigenvalue weighted by atomic mass is 31.1. The monoisotopic (exact) mass is 165 g/mol. The van der Waals surface area contributed by atoms with E-state index in [9.17, 15) is 0 Å². The predicted molar refractivity (Wildman–Crippen MR) is 48.9 cm³/mol. The molecule has 0 saturated heterocycles. The van der Waals surface area contributed by atoms with Crippen molar-refractivity contribution in [2.24, 2.45) is 0 Å². The van der Waals surface area contributed by atoms with Crippen LogP contribution in [0.15, 0.2) is 11.9 Å². The van der Waals surface area contributed by atoms with Crippen LogP contribution >= 0.6 is 7.53 Å². The summed E-state index contributed by atoms with van der Waals surface area (Å²) in [6.45, 7) is 4.25. The smallest absolute Gasteiger partial charge is 0.104 e. The largest absolute Gasteiger partial charge is 0.192 e. The van der Waals surface area contributed by atoms with Gasteiger partial charge in [-0.05, 0) is 23.9 Å². The van der Waals surface area contributed by atoms with Gasteiger partial charge in [-0.25, -0.2) is 0 Å². The number of nitrogens with zero attached hydrogens (tertiary/aromatic N) is 1. The number of hydrogen-bond donors (Lipinski definition) is 0. The average molecular weight is 165 g/mol. The third-order valence-corrected chi connectivity index (χ3v) is 4.03. The number of aryl methyl sites for hydroxylation is 2. The molecule has 0 N–H and O–H groups in total. The minimum atomic E-state index is -0.214.